The summed E-state index contributed by atoms with van der Waals surface area (Å²) in [6.07, 6.45) is 7.16. The molecule has 0 saturated carbocycles. The van der Waals surface area contributed by atoms with Gasteiger partial charge in [-0.1, -0.05) is 13.3 Å². The number of carbonyl (C=O) groups is 1. The molecule has 8 heteroatoms. The Kier molecular flexibility index (Phi) is 6.25. The van der Waals surface area contributed by atoms with Gasteiger partial charge in [0.2, 0.25) is 15.9 Å². The van der Waals surface area contributed by atoms with E-state index < -0.39 is 10.0 Å². The Morgan fingerprint density at radius 3 is 2.52 bits per heavy atom. The van der Waals surface area contributed by atoms with Gasteiger partial charge in [0.05, 0.1) is 5.69 Å². The van der Waals surface area contributed by atoms with Crippen LogP contribution in [0.15, 0.2) is 11.1 Å². The second-order valence-corrected chi connectivity index (χ2v) is 9.85. The number of aromatic nitrogens is 2. The maximum atomic E-state index is 13.1. The fourth-order valence-corrected chi connectivity index (χ4v) is 6.06. The number of likely N-dealkylation sites (tertiary alicyclic amines) is 1. The summed E-state index contributed by atoms with van der Waals surface area (Å²) < 4.78 is 29.5. The number of aryl methyl sites for hydroxylation is 2. The molecule has 0 radical (unpaired) electrons. The summed E-state index contributed by atoms with van der Waals surface area (Å²) in [5, 5.41) is 4.34. The van der Waals surface area contributed by atoms with Crippen molar-refractivity contribution in [2.45, 2.75) is 63.8 Å². The van der Waals surface area contributed by atoms with Crippen LogP contribution < -0.4 is 0 Å². The van der Waals surface area contributed by atoms with Crippen molar-refractivity contribution >= 4 is 15.9 Å². The van der Waals surface area contributed by atoms with Crippen molar-refractivity contribution in [1.29, 1.82) is 0 Å². The van der Waals surface area contributed by atoms with E-state index in [1.807, 2.05) is 18.9 Å². The average Bonchev–Trinajstić information content (AvgIpc) is 2.94. The molecule has 2 fully saturated rings. The van der Waals surface area contributed by atoms with Crippen LogP contribution in [-0.4, -0.2) is 60.0 Å². The first-order valence-corrected chi connectivity index (χ1v) is 11.6. The van der Waals surface area contributed by atoms with Gasteiger partial charge >= 0.3 is 0 Å². The zero-order chi connectivity index (χ0) is 19.6. The first kappa shape index (κ1) is 20.3. The zero-order valence-corrected chi connectivity index (χ0v) is 17.5. The highest BCUT2D eigenvalue weighted by molar-refractivity contribution is 7.89. The molecule has 1 amide bonds. The van der Waals surface area contributed by atoms with Crippen LogP contribution in [0, 0.1) is 18.8 Å². The van der Waals surface area contributed by atoms with Crippen molar-refractivity contribution in [3.05, 3.63) is 11.9 Å². The molecule has 0 aliphatic carbocycles. The van der Waals surface area contributed by atoms with E-state index in [9.17, 15) is 13.2 Å². The molecule has 3 rings (SSSR count). The Bertz CT molecular complexity index is 766. The highest BCUT2D eigenvalue weighted by Gasteiger charge is 2.37. The molecule has 1 aromatic rings. The molecular weight excluding hydrogens is 364 g/mol. The average molecular weight is 397 g/mol. The molecule has 3 heterocycles. The van der Waals surface area contributed by atoms with Gasteiger partial charge in [0.25, 0.3) is 0 Å². The summed E-state index contributed by atoms with van der Waals surface area (Å²) >= 11 is 0. The van der Waals surface area contributed by atoms with Crippen LogP contribution in [0.25, 0.3) is 0 Å². The van der Waals surface area contributed by atoms with Gasteiger partial charge in [0.15, 0.2) is 0 Å². The summed E-state index contributed by atoms with van der Waals surface area (Å²) in [5.41, 5.74) is 0.561. The van der Waals surface area contributed by atoms with Gasteiger partial charge in [-0.2, -0.15) is 9.40 Å². The first-order chi connectivity index (χ1) is 12.8. The number of nitrogens with zero attached hydrogens (tertiary/aromatic N) is 4. The van der Waals surface area contributed by atoms with Crippen LogP contribution in [0.2, 0.25) is 0 Å². The van der Waals surface area contributed by atoms with Gasteiger partial charge in [-0.15, -0.1) is 0 Å². The predicted octanol–water partition coefficient (Wildman–Crippen LogP) is 2.26. The molecule has 0 aromatic carbocycles. The molecule has 1 unspecified atom stereocenters. The largest absolute Gasteiger partial charge is 0.346 e. The molecule has 0 N–H and O–H groups in total. The van der Waals surface area contributed by atoms with Crippen LogP contribution in [0.5, 0.6) is 0 Å². The number of carbonyl (C=O) groups excluding carboxylic acids is 1. The fourth-order valence-electron chi connectivity index (χ4n) is 4.42. The molecule has 2 saturated heterocycles. The van der Waals surface area contributed by atoms with Gasteiger partial charge in [-0.05, 0) is 44.9 Å². The lowest BCUT2D eigenvalue weighted by atomic mass is 9.81. The lowest BCUT2D eigenvalue weighted by Crippen LogP contribution is -2.43. The van der Waals surface area contributed by atoms with Crippen LogP contribution >= 0.6 is 0 Å². The number of piperidine rings is 1. The maximum Gasteiger partial charge on any atom is 0.246 e. The Hall–Kier alpha value is -1.41. The van der Waals surface area contributed by atoms with Crippen LogP contribution in [-0.2, 0) is 21.4 Å². The smallest absolute Gasteiger partial charge is 0.246 e. The zero-order valence-electron chi connectivity index (χ0n) is 16.7. The molecule has 152 valence electrons. The normalized spacial score (nSPS) is 23.6. The number of hydrogen-bond donors (Lipinski definition) is 0. The predicted molar refractivity (Wildman–Crippen MR) is 104 cm³/mol. The minimum Gasteiger partial charge on any atom is -0.346 e. The molecule has 2 aliphatic heterocycles. The molecular formula is C19H32N4O3S. The summed E-state index contributed by atoms with van der Waals surface area (Å²) in [4.78, 5) is 14.8. The van der Waals surface area contributed by atoms with Gasteiger partial charge in [0.1, 0.15) is 4.90 Å². The lowest BCUT2D eigenvalue weighted by molar-refractivity contribution is -0.135. The summed E-state index contributed by atoms with van der Waals surface area (Å²) in [6, 6.07) is 0. The fraction of sp³-hybridized carbons (Fsp3) is 0.789. The lowest BCUT2D eigenvalue weighted by Gasteiger charge is -2.35. The van der Waals surface area contributed by atoms with E-state index in [0.29, 0.717) is 23.7 Å². The van der Waals surface area contributed by atoms with E-state index in [0.717, 1.165) is 51.6 Å². The SMILES string of the molecule is CCCn1cc(S(=O)(=O)N2CCC(C3CCCCN(C)C3=O)CC2)c(C)n1. The third-order valence-electron chi connectivity index (χ3n) is 5.99. The van der Waals surface area contributed by atoms with E-state index >= 15 is 0 Å². The molecule has 0 spiro atoms. The summed E-state index contributed by atoms with van der Waals surface area (Å²) in [7, 11) is -1.64. The van der Waals surface area contributed by atoms with Crippen molar-refractivity contribution in [3.63, 3.8) is 0 Å². The van der Waals surface area contributed by atoms with Crippen LogP contribution in [0.3, 0.4) is 0 Å². The first-order valence-electron chi connectivity index (χ1n) is 10.1. The van der Waals surface area contributed by atoms with E-state index in [1.165, 1.54) is 0 Å². The van der Waals surface area contributed by atoms with Crippen molar-refractivity contribution in [3.8, 4) is 0 Å². The number of sulfonamides is 1. The molecule has 0 bridgehead atoms. The van der Waals surface area contributed by atoms with Gasteiger partial charge in [-0.25, -0.2) is 8.42 Å². The molecule has 7 nitrogen and oxygen atoms in total. The molecule has 1 aromatic heterocycles. The van der Waals surface area contributed by atoms with Crippen molar-refractivity contribution < 1.29 is 13.2 Å². The van der Waals surface area contributed by atoms with Crippen molar-refractivity contribution in [2.75, 3.05) is 26.7 Å². The van der Waals surface area contributed by atoms with E-state index in [2.05, 4.69) is 5.10 Å². The number of rotatable bonds is 5. The van der Waals surface area contributed by atoms with Gasteiger partial charge in [0, 0.05) is 45.3 Å². The minimum atomic E-state index is -3.52. The third-order valence-corrected chi connectivity index (χ3v) is 7.99. The summed E-state index contributed by atoms with van der Waals surface area (Å²) in [6.45, 7) is 6.32. The molecule has 1 atom stereocenters. The number of amides is 1. The Balaban J connectivity index is 1.68. The van der Waals surface area contributed by atoms with E-state index in [4.69, 9.17) is 0 Å². The Morgan fingerprint density at radius 1 is 1.15 bits per heavy atom. The van der Waals surface area contributed by atoms with Crippen molar-refractivity contribution in [1.82, 2.24) is 19.0 Å². The van der Waals surface area contributed by atoms with E-state index in [1.54, 1.807) is 22.1 Å². The monoisotopic (exact) mass is 396 g/mol. The molecule has 27 heavy (non-hydrogen) atoms. The Labute approximate surface area is 162 Å². The van der Waals surface area contributed by atoms with Crippen LogP contribution in [0.1, 0.15) is 51.1 Å². The Morgan fingerprint density at radius 2 is 1.85 bits per heavy atom. The third kappa shape index (κ3) is 4.21. The van der Waals surface area contributed by atoms with Gasteiger partial charge in [-0.3, -0.25) is 9.48 Å². The second-order valence-electron chi connectivity index (χ2n) is 7.95. The topological polar surface area (TPSA) is 75.5 Å². The maximum absolute atomic E-state index is 13.1. The molecule has 2 aliphatic rings. The van der Waals surface area contributed by atoms with Crippen molar-refractivity contribution in [2.24, 2.45) is 11.8 Å². The summed E-state index contributed by atoms with van der Waals surface area (Å²) in [5.74, 6) is 0.579. The second kappa shape index (κ2) is 8.31. The van der Waals surface area contributed by atoms with Crippen LogP contribution in [0.4, 0.5) is 0 Å². The quantitative estimate of drug-likeness (QED) is 0.765. The van der Waals surface area contributed by atoms with Gasteiger partial charge < -0.3 is 4.90 Å². The highest BCUT2D eigenvalue weighted by atomic mass is 32.2. The highest BCUT2D eigenvalue weighted by Crippen LogP contribution is 2.33. The standard InChI is InChI=1S/C19H32N4O3S/c1-4-10-22-14-18(15(2)20-22)27(25,26)23-12-8-16(9-13-23)17-7-5-6-11-21(3)19(17)24/h14,16-17H,4-13H2,1-3H3. The minimum absolute atomic E-state index is 0.0522. The van der Waals surface area contributed by atoms with E-state index in [-0.39, 0.29) is 17.7 Å². The number of hydrogen-bond acceptors (Lipinski definition) is 4.